The molecule has 0 spiro atoms. The zero-order valence-electron chi connectivity index (χ0n) is 13.8. The summed E-state index contributed by atoms with van der Waals surface area (Å²) in [4.78, 5) is 14.2. The number of amides is 1. The number of aromatic amines is 1. The summed E-state index contributed by atoms with van der Waals surface area (Å²) in [6, 6.07) is 7.27. The molecule has 1 aromatic carbocycles. The molecule has 8 heteroatoms. The number of aliphatic hydroxyl groups excluding tert-OH is 1. The van der Waals surface area contributed by atoms with Crippen LogP contribution in [0.4, 0.5) is 4.39 Å². The number of carbonyl (C=O) groups excluding carboxylic acids is 1. The second kappa shape index (κ2) is 7.62. The summed E-state index contributed by atoms with van der Waals surface area (Å²) in [7, 11) is 0. The minimum Gasteiger partial charge on any atom is -0.484 e. The molecule has 0 saturated carbocycles. The zero-order valence-corrected chi connectivity index (χ0v) is 13.8. The van der Waals surface area contributed by atoms with Gasteiger partial charge in [0.1, 0.15) is 6.61 Å². The van der Waals surface area contributed by atoms with Crippen molar-refractivity contribution in [3.8, 4) is 5.75 Å². The highest BCUT2D eigenvalue weighted by molar-refractivity contribution is 5.92. The second-order valence-corrected chi connectivity index (χ2v) is 5.76. The van der Waals surface area contributed by atoms with Gasteiger partial charge < -0.3 is 19.5 Å². The molecule has 0 aliphatic carbocycles. The first kappa shape index (κ1) is 17.4. The van der Waals surface area contributed by atoms with Crippen LogP contribution in [0.5, 0.6) is 5.75 Å². The van der Waals surface area contributed by atoms with Crippen molar-refractivity contribution in [2.45, 2.75) is 25.7 Å². The van der Waals surface area contributed by atoms with E-state index in [4.69, 9.17) is 9.47 Å². The number of benzene rings is 1. The Bertz CT molecular complexity index is 736. The van der Waals surface area contributed by atoms with Crippen LogP contribution in [-0.2, 0) is 11.3 Å². The lowest BCUT2D eigenvalue weighted by atomic mass is 10.1. The van der Waals surface area contributed by atoms with Gasteiger partial charge in [-0.25, -0.2) is 4.39 Å². The molecule has 0 unspecified atom stereocenters. The molecule has 3 rings (SSSR count). The normalized spacial score (nSPS) is 19.8. The van der Waals surface area contributed by atoms with E-state index in [1.165, 1.54) is 17.0 Å². The molecule has 2 heterocycles. The van der Waals surface area contributed by atoms with Crippen LogP contribution in [0.3, 0.4) is 0 Å². The predicted octanol–water partition coefficient (Wildman–Crippen LogP) is 1.35. The maximum absolute atomic E-state index is 13.5. The molecule has 1 aliphatic rings. The van der Waals surface area contributed by atoms with E-state index < -0.39 is 11.9 Å². The van der Waals surface area contributed by atoms with Gasteiger partial charge in [0.05, 0.1) is 31.1 Å². The van der Waals surface area contributed by atoms with Crippen molar-refractivity contribution in [3.63, 3.8) is 0 Å². The monoisotopic (exact) mass is 349 g/mol. The van der Waals surface area contributed by atoms with Gasteiger partial charge in [-0.2, -0.15) is 5.10 Å². The molecule has 1 fully saturated rings. The number of H-pyrrole nitrogens is 1. The first-order valence-electron chi connectivity index (χ1n) is 8.08. The molecular weight excluding hydrogens is 329 g/mol. The van der Waals surface area contributed by atoms with Gasteiger partial charge in [0.25, 0.3) is 5.91 Å². The molecule has 1 aromatic heterocycles. The minimum absolute atomic E-state index is 0.0580. The Morgan fingerprint density at radius 3 is 2.96 bits per heavy atom. The summed E-state index contributed by atoms with van der Waals surface area (Å²) >= 11 is 0. The number of halogens is 1. The molecule has 2 N–H and O–H groups in total. The summed E-state index contributed by atoms with van der Waals surface area (Å²) < 4.78 is 24.1. The summed E-state index contributed by atoms with van der Waals surface area (Å²) in [6.45, 7) is 2.84. The number of rotatable bonds is 6. The summed E-state index contributed by atoms with van der Waals surface area (Å²) in [6.07, 6.45) is -0.702. The van der Waals surface area contributed by atoms with Crippen LogP contribution in [0.1, 0.15) is 23.1 Å². The van der Waals surface area contributed by atoms with Gasteiger partial charge in [-0.15, -0.1) is 0 Å². The van der Waals surface area contributed by atoms with Crippen LogP contribution < -0.4 is 4.74 Å². The Morgan fingerprint density at radius 1 is 1.48 bits per heavy atom. The third kappa shape index (κ3) is 3.80. The molecule has 7 nitrogen and oxygen atoms in total. The topological polar surface area (TPSA) is 87.7 Å². The average molecular weight is 349 g/mol. The van der Waals surface area contributed by atoms with Crippen molar-refractivity contribution in [2.24, 2.45) is 0 Å². The first-order chi connectivity index (χ1) is 12.1. The van der Waals surface area contributed by atoms with Crippen molar-refractivity contribution in [3.05, 3.63) is 47.5 Å². The molecule has 1 saturated heterocycles. The van der Waals surface area contributed by atoms with E-state index in [-0.39, 0.29) is 36.6 Å². The van der Waals surface area contributed by atoms with E-state index in [9.17, 15) is 14.3 Å². The highest BCUT2D eigenvalue weighted by Crippen LogP contribution is 2.18. The zero-order chi connectivity index (χ0) is 17.8. The molecule has 0 bridgehead atoms. The Kier molecular flexibility index (Phi) is 5.30. The molecule has 0 radical (unpaired) electrons. The quantitative estimate of drug-likeness (QED) is 0.822. The van der Waals surface area contributed by atoms with Crippen molar-refractivity contribution in [2.75, 3.05) is 19.8 Å². The van der Waals surface area contributed by atoms with Crippen LogP contribution >= 0.6 is 0 Å². The van der Waals surface area contributed by atoms with Crippen LogP contribution in [0.15, 0.2) is 30.3 Å². The van der Waals surface area contributed by atoms with E-state index in [0.29, 0.717) is 18.8 Å². The largest absolute Gasteiger partial charge is 0.484 e. The lowest BCUT2D eigenvalue weighted by molar-refractivity contribution is 0.0515. The van der Waals surface area contributed by atoms with Gasteiger partial charge >= 0.3 is 0 Å². The number of nitrogens with one attached hydrogen (secondary N) is 1. The number of hydrogen-bond donors (Lipinski definition) is 2. The van der Waals surface area contributed by atoms with Gasteiger partial charge in [0, 0.05) is 6.54 Å². The summed E-state index contributed by atoms with van der Waals surface area (Å²) in [5.41, 5.74) is 0.763. The number of aliphatic hydroxyl groups is 1. The van der Waals surface area contributed by atoms with Crippen molar-refractivity contribution in [1.82, 2.24) is 15.1 Å². The van der Waals surface area contributed by atoms with E-state index >= 15 is 0 Å². The number of hydrogen-bond acceptors (Lipinski definition) is 5. The van der Waals surface area contributed by atoms with Crippen LogP contribution in [-0.4, -0.2) is 58.0 Å². The van der Waals surface area contributed by atoms with E-state index in [1.54, 1.807) is 18.2 Å². The van der Waals surface area contributed by atoms with Gasteiger partial charge in [0.15, 0.2) is 17.3 Å². The number of likely N-dealkylation sites (N-methyl/N-ethyl adjacent to an activating group) is 1. The third-order valence-electron chi connectivity index (χ3n) is 4.09. The molecule has 1 amide bonds. The first-order valence-corrected chi connectivity index (χ1v) is 8.08. The summed E-state index contributed by atoms with van der Waals surface area (Å²) in [5, 5.41) is 16.6. The highest BCUT2D eigenvalue weighted by Gasteiger charge is 2.34. The third-order valence-corrected chi connectivity index (χ3v) is 4.09. The van der Waals surface area contributed by atoms with Gasteiger partial charge in [-0.1, -0.05) is 12.1 Å². The standard InChI is InChI=1S/C17H20FN3O4/c1-2-21(14-9-24-10-15(14)22)17(23)13-7-11(19-20-13)8-25-16-6-4-3-5-12(16)18/h3-7,14-15,22H,2,8-10H2,1H3,(H,19,20)/t14-,15-/m0/s1. The smallest absolute Gasteiger partial charge is 0.274 e. The Hall–Kier alpha value is -2.45. The van der Waals surface area contributed by atoms with E-state index in [0.717, 1.165) is 0 Å². The molecular formula is C17H20FN3O4. The maximum atomic E-state index is 13.5. The molecule has 1 aliphatic heterocycles. The lowest BCUT2D eigenvalue weighted by Crippen LogP contribution is -2.46. The number of ether oxygens (including phenoxy) is 2. The summed E-state index contributed by atoms with van der Waals surface area (Å²) in [5.74, 6) is -0.623. The SMILES string of the molecule is CCN(C(=O)c1cc(COc2ccccc2F)[nH]n1)[C@H]1COC[C@@H]1O. The Morgan fingerprint density at radius 2 is 2.28 bits per heavy atom. The highest BCUT2D eigenvalue weighted by atomic mass is 19.1. The molecule has 2 aromatic rings. The predicted molar refractivity (Wildman–Crippen MR) is 86.6 cm³/mol. The average Bonchev–Trinajstić information content (AvgIpc) is 3.24. The van der Waals surface area contributed by atoms with E-state index in [2.05, 4.69) is 10.2 Å². The lowest BCUT2D eigenvalue weighted by Gasteiger charge is -2.27. The maximum Gasteiger partial charge on any atom is 0.274 e. The van der Waals surface area contributed by atoms with Crippen LogP contribution in [0.25, 0.3) is 0 Å². The molecule has 25 heavy (non-hydrogen) atoms. The van der Waals surface area contributed by atoms with Gasteiger partial charge in [-0.05, 0) is 25.1 Å². The minimum atomic E-state index is -0.702. The molecule has 134 valence electrons. The Labute approximate surface area is 144 Å². The number of carbonyl (C=O) groups is 1. The van der Waals surface area contributed by atoms with Gasteiger partial charge in [-0.3, -0.25) is 9.89 Å². The number of aromatic nitrogens is 2. The fraction of sp³-hybridized carbons (Fsp3) is 0.412. The Balaban J connectivity index is 1.65. The van der Waals surface area contributed by atoms with Crippen molar-refractivity contribution in [1.29, 1.82) is 0 Å². The molecule has 2 atom stereocenters. The van der Waals surface area contributed by atoms with E-state index in [1.807, 2.05) is 6.92 Å². The van der Waals surface area contributed by atoms with Crippen molar-refractivity contribution >= 4 is 5.91 Å². The van der Waals surface area contributed by atoms with Crippen molar-refractivity contribution < 1.29 is 23.8 Å². The number of nitrogens with zero attached hydrogens (tertiary/aromatic N) is 2. The van der Waals surface area contributed by atoms with Crippen LogP contribution in [0, 0.1) is 5.82 Å². The second-order valence-electron chi connectivity index (χ2n) is 5.76. The fourth-order valence-corrected chi connectivity index (χ4v) is 2.77. The fourth-order valence-electron chi connectivity index (χ4n) is 2.77. The number of para-hydroxylation sites is 1. The van der Waals surface area contributed by atoms with Gasteiger partial charge in [0.2, 0.25) is 0 Å². The van der Waals surface area contributed by atoms with Crippen LogP contribution in [0.2, 0.25) is 0 Å².